The minimum Gasteiger partial charge on any atom is -0.497 e. The first-order valence-electron chi connectivity index (χ1n) is 7.40. The second-order valence-electron chi connectivity index (χ2n) is 5.04. The molecule has 5 heteroatoms. The maximum atomic E-state index is 12.0. The molecule has 0 saturated heterocycles. The van der Waals surface area contributed by atoms with Crippen LogP contribution in [0, 0.1) is 0 Å². The average molecular weight is 347 g/mol. The molecule has 0 aliphatic heterocycles. The SMILES string of the molecule is COc1ccc(/C=C/C(=O)O[C@@H](C)c2ccccc2Cl)c(OC)c1. The van der Waals surface area contributed by atoms with Crippen LogP contribution in [-0.4, -0.2) is 20.2 Å². The standard InChI is InChI=1S/C19H19ClO4/c1-13(16-6-4-5-7-17(16)20)24-19(21)11-9-14-8-10-15(22-2)12-18(14)23-3/h4-13H,1-3H3/b11-9+/t13-/m0/s1. The van der Waals surface area contributed by atoms with Crippen LogP contribution < -0.4 is 9.47 Å². The Morgan fingerprint density at radius 2 is 1.88 bits per heavy atom. The Bertz CT molecular complexity index is 740. The molecule has 0 amide bonds. The lowest BCUT2D eigenvalue weighted by molar-refractivity contribution is -0.142. The van der Waals surface area contributed by atoms with Crippen LogP contribution in [0.5, 0.6) is 11.5 Å². The Balaban J connectivity index is 2.07. The predicted molar refractivity (Wildman–Crippen MR) is 94.5 cm³/mol. The smallest absolute Gasteiger partial charge is 0.331 e. The molecule has 0 unspecified atom stereocenters. The van der Waals surface area contributed by atoms with Crippen LogP contribution in [0.3, 0.4) is 0 Å². The van der Waals surface area contributed by atoms with Crippen molar-refractivity contribution in [3.8, 4) is 11.5 Å². The van der Waals surface area contributed by atoms with E-state index in [0.29, 0.717) is 16.5 Å². The molecular formula is C19H19ClO4. The van der Waals surface area contributed by atoms with Gasteiger partial charge in [-0.1, -0.05) is 29.8 Å². The van der Waals surface area contributed by atoms with Crippen molar-refractivity contribution in [2.24, 2.45) is 0 Å². The fourth-order valence-electron chi connectivity index (χ4n) is 2.20. The zero-order valence-corrected chi connectivity index (χ0v) is 14.5. The molecule has 0 spiro atoms. The fourth-order valence-corrected chi connectivity index (χ4v) is 2.49. The molecule has 0 N–H and O–H groups in total. The van der Waals surface area contributed by atoms with Crippen LogP contribution in [0.2, 0.25) is 5.02 Å². The molecule has 0 aromatic heterocycles. The Labute approximate surface area is 146 Å². The van der Waals surface area contributed by atoms with Crippen LogP contribution in [0.25, 0.3) is 6.08 Å². The van der Waals surface area contributed by atoms with Crippen molar-refractivity contribution in [2.75, 3.05) is 14.2 Å². The van der Waals surface area contributed by atoms with Gasteiger partial charge < -0.3 is 14.2 Å². The third-order valence-electron chi connectivity index (χ3n) is 3.48. The molecule has 0 bridgehead atoms. The fraction of sp³-hybridized carbons (Fsp3) is 0.211. The summed E-state index contributed by atoms with van der Waals surface area (Å²) >= 11 is 6.11. The summed E-state index contributed by atoms with van der Waals surface area (Å²) in [5.41, 5.74) is 1.52. The number of methoxy groups -OCH3 is 2. The highest BCUT2D eigenvalue weighted by molar-refractivity contribution is 6.31. The van der Waals surface area contributed by atoms with Crippen molar-refractivity contribution in [2.45, 2.75) is 13.0 Å². The zero-order valence-electron chi connectivity index (χ0n) is 13.8. The quantitative estimate of drug-likeness (QED) is 0.563. The molecule has 2 rings (SSSR count). The van der Waals surface area contributed by atoms with Crippen molar-refractivity contribution in [1.29, 1.82) is 0 Å². The topological polar surface area (TPSA) is 44.8 Å². The van der Waals surface area contributed by atoms with Gasteiger partial charge in [0, 0.05) is 28.3 Å². The summed E-state index contributed by atoms with van der Waals surface area (Å²) in [6.45, 7) is 1.78. The average Bonchev–Trinajstić information content (AvgIpc) is 2.60. The molecule has 1 atom stereocenters. The van der Waals surface area contributed by atoms with E-state index in [0.717, 1.165) is 11.1 Å². The highest BCUT2D eigenvalue weighted by atomic mass is 35.5. The van der Waals surface area contributed by atoms with E-state index in [1.165, 1.54) is 6.08 Å². The van der Waals surface area contributed by atoms with Gasteiger partial charge in [-0.3, -0.25) is 0 Å². The minimum atomic E-state index is -0.458. The number of hydrogen-bond acceptors (Lipinski definition) is 4. The van der Waals surface area contributed by atoms with E-state index in [4.69, 9.17) is 25.8 Å². The van der Waals surface area contributed by atoms with E-state index < -0.39 is 12.1 Å². The van der Waals surface area contributed by atoms with E-state index in [1.807, 2.05) is 18.2 Å². The van der Waals surface area contributed by atoms with Gasteiger partial charge in [0.05, 0.1) is 14.2 Å². The monoisotopic (exact) mass is 346 g/mol. The molecule has 0 aliphatic carbocycles. The summed E-state index contributed by atoms with van der Waals surface area (Å²) < 4.78 is 15.8. The number of carbonyl (C=O) groups excluding carboxylic acids is 1. The Hall–Kier alpha value is -2.46. The molecule has 0 aliphatic rings. The maximum absolute atomic E-state index is 12.0. The van der Waals surface area contributed by atoms with E-state index in [-0.39, 0.29) is 0 Å². The van der Waals surface area contributed by atoms with Crippen molar-refractivity contribution in [1.82, 2.24) is 0 Å². The lowest BCUT2D eigenvalue weighted by Gasteiger charge is -2.13. The maximum Gasteiger partial charge on any atom is 0.331 e. The number of benzene rings is 2. The molecule has 2 aromatic rings. The van der Waals surface area contributed by atoms with Gasteiger partial charge in [-0.2, -0.15) is 0 Å². The summed E-state index contributed by atoms with van der Waals surface area (Å²) in [6.07, 6.45) is 2.56. The molecule has 0 fully saturated rings. The van der Waals surface area contributed by atoms with Gasteiger partial charge in [0.2, 0.25) is 0 Å². The lowest BCUT2D eigenvalue weighted by Crippen LogP contribution is -2.06. The highest BCUT2D eigenvalue weighted by Crippen LogP contribution is 2.27. The molecular weight excluding hydrogens is 328 g/mol. The minimum absolute atomic E-state index is 0.436. The van der Waals surface area contributed by atoms with Crippen molar-refractivity contribution >= 4 is 23.6 Å². The zero-order chi connectivity index (χ0) is 17.5. The normalized spacial score (nSPS) is 12.0. The number of esters is 1. The van der Waals surface area contributed by atoms with Crippen LogP contribution in [0.1, 0.15) is 24.2 Å². The molecule has 126 valence electrons. The van der Waals surface area contributed by atoms with Gasteiger partial charge in [-0.15, -0.1) is 0 Å². The van der Waals surface area contributed by atoms with Crippen molar-refractivity contribution < 1.29 is 19.0 Å². The summed E-state index contributed by atoms with van der Waals surface area (Å²) in [5.74, 6) is 0.830. The molecule has 0 heterocycles. The molecule has 0 radical (unpaired) electrons. The molecule has 2 aromatic carbocycles. The van der Waals surface area contributed by atoms with Crippen LogP contribution >= 0.6 is 11.6 Å². The van der Waals surface area contributed by atoms with Crippen LogP contribution in [-0.2, 0) is 9.53 Å². The van der Waals surface area contributed by atoms with Crippen molar-refractivity contribution in [3.05, 3.63) is 64.7 Å². The van der Waals surface area contributed by atoms with Gasteiger partial charge in [-0.25, -0.2) is 4.79 Å². The second kappa shape index (κ2) is 8.41. The first kappa shape index (κ1) is 17.9. The Morgan fingerprint density at radius 1 is 1.12 bits per heavy atom. The van der Waals surface area contributed by atoms with Crippen LogP contribution in [0.15, 0.2) is 48.5 Å². The van der Waals surface area contributed by atoms with Crippen LogP contribution in [0.4, 0.5) is 0 Å². The highest BCUT2D eigenvalue weighted by Gasteiger charge is 2.12. The van der Waals surface area contributed by atoms with Gasteiger partial charge >= 0.3 is 5.97 Å². The number of rotatable bonds is 6. The van der Waals surface area contributed by atoms with Gasteiger partial charge in [0.15, 0.2) is 0 Å². The summed E-state index contributed by atoms with van der Waals surface area (Å²) in [5, 5.41) is 0.568. The summed E-state index contributed by atoms with van der Waals surface area (Å²) in [7, 11) is 3.14. The van der Waals surface area contributed by atoms with E-state index in [9.17, 15) is 4.79 Å². The number of carbonyl (C=O) groups is 1. The lowest BCUT2D eigenvalue weighted by atomic mass is 10.1. The van der Waals surface area contributed by atoms with Gasteiger partial charge in [0.1, 0.15) is 17.6 Å². The molecule has 0 saturated carbocycles. The third kappa shape index (κ3) is 4.52. The third-order valence-corrected chi connectivity index (χ3v) is 3.82. The molecule has 24 heavy (non-hydrogen) atoms. The second-order valence-corrected chi connectivity index (χ2v) is 5.45. The molecule has 4 nitrogen and oxygen atoms in total. The first-order chi connectivity index (χ1) is 11.5. The van der Waals surface area contributed by atoms with Crippen molar-refractivity contribution in [3.63, 3.8) is 0 Å². The summed E-state index contributed by atoms with van der Waals surface area (Å²) in [6, 6.07) is 12.6. The van der Waals surface area contributed by atoms with E-state index in [1.54, 1.807) is 51.5 Å². The summed E-state index contributed by atoms with van der Waals surface area (Å²) in [4.78, 5) is 12.0. The van der Waals surface area contributed by atoms with Gasteiger partial charge in [0.25, 0.3) is 0 Å². The number of halogens is 1. The van der Waals surface area contributed by atoms with Gasteiger partial charge in [-0.05, 0) is 31.2 Å². The number of hydrogen-bond donors (Lipinski definition) is 0. The Kier molecular flexibility index (Phi) is 6.27. The predicted octanol–water partition coefficient (Wildman–Crippen LogP) is 4.67. The Morgan fingerprint density at radius 3 is 2.54 bits per heavy atom. The largest absolute Gasteiger partial charge is 0.497 e. The first-order valence-corrected chi connectivity index (χ1v) is 7.78. The van der Waals surface area contributed by atoms with E-state index in [2.05, 4.69) is 0 Å². The van der Waals surface area contributed by atoms with E-state index >= 15 is 0 Å². The number of ether oxygens (including phenoxy) is 3.